The maximum Gasteiger partial charge on any atom is 0.416 e. The number of carbonyl (C=O) groups is 2. The van der Waals surface area contributed by atoms with E-state index in [2.05, 4.69) is 5.32 Å². The first-order valence-electron chi connectivity index (χ1n) is 13.0. The summed E-state index contributed by atoms with van der Waals surface area (Å²) in [6.07, 6.45) is -3.24. The highest BCUT2D eigenvalue weighted by atomic mass is 35.5. The Morgan fingerprint density at radius 1 is 0.976 bits per heavy atom. The van der Waals surface area contributed by atoms with Gasteiger partial charge >= 0.3 is 6.18 Å². The van der Waals surface area contributed by atoms with Gasteiger partial charge < -0.3 is 10.2 Å². The van der Waals surface area contributed by atoms with E-state index in [0.717, 1.165) is 23.5 Å². The van der Waals surface area contributed by atoms with Crippen molar-refractivity contribution in [2.45, 2.75) is 50.3 Å². The van der Waals surface area contributed by atoms with Crippen LogP contribution in [0, 0.1) is 0 Å². The number of nitrogens with one attached hydrogen (secondary N) is 1. The molecule has 2 amide bonds. The molecule has 0 aliphatic heterocycles. The van der Waals surface area contributed by atoms with Crippen LogP contribution in [0.25, 0.3) is 0 Å². The minimum atomic E-state index is -4.76. The van der Waals surface area contributed by atoms with E-state index >= 15 is 0 Å². The van der Waals surface area contributed by atoms with Gasteiger partial charge in [0.2, 0.25) is 11.8 Å². The normalized spacial score (nSPS) is 12.5. The first-order valence-corrected chi connectivity index (χ1v) is 15.2. The lowest BCUT2D eigenvalue weighted by Crippen LogP contribution is -2.51. The quantitative estimate of drug-likeness (QED) is 0.227. The predicted octanol–water partition coefficient (Wildman–Crippen LogP) is 6.54. The standard InChI is InChI=1S/C29H30Cl2F3N3O4S/c1-3-4-15-35-28(39)20(2)36(18-21-13-14-23(30)17-26(21)31)27(38)19-37(42(40,41)25-11-6-5-7-12-25)24-10-8-9-22(16-24)29(32,33)34/h5-14,16-17,20H,3-4,15,18-19H2,1-2H3,(H,35,39)/t20-/m1/s1. The Labute approximate surface area is 253 Å². The number of carbonyl (C=O) groups excluding carboxylic acids is 2. The van der Waals surface area contributed by atoms with Crippen LogP contribution in [-0.2, 0) is 32.3 Å². The second kappa shape index (κ2) is 14.3. The Kier molecular flexibility index (Phi) is 11.3. The maximum absolute atomic E-state index is 13.9. The molecule has 0 radical (unpaired) electrons. The number of halogens is 5. The van der Waals surface area contributed by atoms with E-state index in [0.29, 0.717) is 33.9 Å². The highest BCUT2D eigenvalue weighted by Gasteiger charge is 2.35. The van der Waals surface area contributed by atoms with Gasteiger partial charge in [-0.1, -0.05) is 66.9 Å². The summed E-state index contributed by atoms with van der Waals surface area (Å²) in [6, 6.07) is 14.2. The topological polar surface area (TPSA) is 86.8 Å². The minimum Gasteiger partial charge on any atom is -0.354 e. The van der Waals surface area contributed by atoms with E-state index in [4.69, 9.17) is 23.2 Å². The largest absolute Gasteiger partial charge is 0.416 e. The summed E-state index contributed by atoms with van der Waals surface area (Å²) in [5.41, 5.74) is -1.03. The summed E-state index contributed by atoms with van der Waals surface area (Å²) in [6.45, 7) is 2.70. The summed E-state index contributed by atoms with van der Waals surface area (Å²) in [5.74, 6) is -1.32. The Morgan fingerprint density at radius 2 is 1.67 bits per heavy atom. The van der Waals surface area contributed by atoms with E-state index in [1.165, 1.54) is 43.3 Å². The van der Waals surface area contributed by atoms with Crippen molar-refractivity contribution in [2.75, 3.05) is 17.4 Å². The molecule has 0 saturated carbocycles. The molecule has 0 saturated heterocycles. The van der Waals surface area contributed by atoms with E-state index in [-0.39, 0.29) is 22.2 Å². The lowest BCUT2D eigenvalue weighted by molar-refractivity contribution is -0.139. The molecule has 0 unspecified atom stereocenters. The number of amides is 2. The van der Waals surface area contributed by atoms with Gasteiger partial charge in [0.05, 0.1) is 16.1 Å². The monoisotopic (exact) mass is 643 g/mol. The Morgan fingerprint density at radius 3 is 2.29 bits per heavy atom. The van der Waals surface area contributed by atoms with E-state index in [9.17, 15) is 31.2 Å². The van der Waals surface area contributed by atoms with Crippen LogP contribution in [0.5, 0.6) is 0 Å². The number of rotatable bonds is 12. The van der Waals surface area contributed by atoms with Gasteiger partial charge in [-0.15, -0.1) is 0 Å². The summed E-state index contributed by atoms with van der Waals surface area (Å²) in [7, 11) is -4.52. The number of hydrogen-bond donors (Lipinski definition) is 1. The molecule has 226 valence electrons. The molecule has 0 aliphatic rings. The molecule has 0 fully saturated rings. The van der Waals surface area contributed by atoms with Crippen LogP contribution in [0.1, 0.15) is 37.8 Å². The SMILES string of the molecule is CCCCNC(=O)[C@@H](C)N(Cc1ccc(Cl)cc1Cl)C(=O)CN(c1cccc(C(F)(F)F)c1)S(=O)(=O)c1ccccc1. The van der Waals surface area contributed by atoms with Crippen molar-refractivity contribution in [3.8, 4) is 0 Å². The number of nitrogens with zero attached hydrogens (tertiary/aromatic N) is 2. The summed E-state index contributed by atoms with van der Waals surface area (Å²) >= 11 is 12.4. The van der Waals surface area contributed by atoms with Gasteiger partial charge in [-0.2, -0.15) is 13.2 Å². The molecule has 42 heavy (non-hydrogen) atoms. The number of unbranched alkanes of at least 4 members (excludes halogenated alkanes) is 1. The van der Waals surface area contributed by atoms with E-state index in [1.807, 2.05) is 6.92 Å². The summed E-state index contributed by atoms with van der Waals surface area (Å²) in [5, 5.41) is 3.31. The van der Waals surface area contributed by atoms with Crippen molar-refractivity contribution in [1.29, 1.82) is 0 Å². The van der Waals surface area contributed by atoms with Crippen LogP contribution in [0.3, 0.4) is 0 Å². The number of sulfonamides is 1. The highest BCUT2D eigenvalue weighted by Crippen LogP contribution is 2.33. The first-order chi connectivity index (χ1) is 19.8. The second-order valence-electron chi connectivity index (χ2n) is 9.45. The molecule has 13 heteroatoms. The van der Waals surface area contributed by atoms with Gasteiger partial charge in [0.15, 0.2) is 0 Å². The Hall–Kier alpha value is -3.28. The van der Waals surface area contributed by atoms with Crippen LogP contribution in [-0.4, -0.2) is 44.3 Å². The van der Waals surface area contributed by atoms with Gasteiger partial charge in [-0.25, -0.2) is 8.42 Å². The van der Waals surface area contributed by atoms with E-state index in [1.54, 1.807) is 18.2 Å². The second-order valence-corrected chi connectivity index (χ2v) is 12.2. The fourth-order valence-corrected chi connectivity index (χ4v) is 5.93. The maximum atomic E-state index is 13.9. The van der Waals surface area contributed by atoms with Crippen molar-refractivity contribution >= 4 is 50.7 Å². The van der Waals surface area contributed by atoms with Crippen LogP contribution < -0.4 is 9.62 Å². The van der Waals surface area contributed by atoms with Gasteiger partial charge in [0.25, 0.3) is 10.0 Å². The van der Waals surface area contributed by atoms with Gasteiger partial charge in [-0.05, 0) is 61.4 Å². The zero-order valence-corrected chi connectivity index (χ0v) is 25.2. The highest BCUT2D eigenvalue weighted by molar-refractivity contribution is 7.92. The fourth-order valence-electron chi connectivity index (χ4n) is 4.04. The lowest BCUT2D eigenvalue weighted by atomic mass is 10.1. The molecular formula is C29H30Cl2F3N3O4S. The third-order valence-corrected chi connectivity index (χ3v) is 8.80. The predicted molar refractivity (Wildman–Crippen MR) is 157 cm³/mol. The van der Waals surface area contributed by atoms with Gasteiger partial charge in [0, 0.05) is 23.1 Å². The number of hydrogen-bond acceptors (Lipinski definition) is 4. The van der Waals surface area contributed by atoms with Crippen LogP contribution >= 0.6 is 23.2 Å². The molecule has 0 aromatic heterocycles. The van der Waals surface area contributed by atoms with Crippen molar-refractivity contribution in [2.24, 2.45) is 0 Å². The molecule has 0 spiro atoms. The third kappa shape index (κ3) is 8.39. The molecule has 1 N–H and O–H groups in total. The van der Waals surface area contributed by atoms with Crippen molar-refractivity contribution in [3.63, 3.8) is 0 Å². The molecular weight excluding hydrogens is 614 g/mol. The fraction of sp³-hybridized carbons (Fsp3) is 0.310. The smallest absolute Gasteiger partial charge is 0.354 e. The lowest BCUT2D eigenvalue weighted by Gasteiger charge is -2.32. The van der Waals surface area contributed by atoms with Gasteiger partial charge in [0.1, 0.15) is 12.6 Å². The Bertz CT molecular complexity index is 1510. The van der Waals surface area contributed by atoms with Crippen molar-refractivity contribution in [3.05, 3.63) is 94.0 Å². The Balaban J connectivity index is 2.07. The third-order valence-electron chi connectivity index (χ3n) is 6.42. The molecule has 3 aromatic carbocycles. The van der Waals surface area contributed by atoms with Crippen molar-refractivity contribution in [1.82, 2.24) is 10.2 Å². The average molecular weight is 645 g/mol. The molecule has 0 heterocycles. The minimum absolute atomic E-state index is 0.195. The number of anilines is 1. The molecule has 3 aromatic rings. The molecule has 1 atom stereocenters. The van der Waals surface area contributed by atoms with Crippen molar-refractivity contribution < 1.29 is 31.2 Å². The molecule has 0 aliphatic carbocycles. The number of benzene rings is 3. The zero-order chi connectivity index (χ0) is 31.1. The van der Waals surface area contributed by atoms with Crippen LogP contribution in [0.15, 0.2) is 77.7 Å². The molecule has 7 nitrogen and oxygen atoms in total. The molecule has 0 bridgehead atoms. The van der Waals surface area contributed by atoms with E-state index < -0.39 is 46.2 Å². The molecule has 3 rings (SSSR count). The number of alkyl halides is 3. The summed E-state index contributed by atoms with van der Waals surface area (Å²) in [4.78, 5) is 27.8. The summed E-state index contributed by atoms with van der Waals surface area (Å²) < 4.78 is 68.8. The average Bonchev–Trinajstić information content (AvgIpc) is 2.95. The first kappa shape index (κ1) is 33.2. The zero-order valence-electron chi connectivity index (χ0n) is 22.9. The van der Waals surface area contributed by atoms with Crippen LogP contribution in [0.2, 0.25) is 10.0 Å². The van der Waals surface area contributed by atoms with Crippen LogP contribution in [0.4, 0.5) is 18.9 Å². The van der Waals surface area contributed by atoms with Gasteiger partial charge in [-0.3, -0.25) is 13.9 Å².